The molecule has 0 aliphatic heterocycles. The van der Waals surface area contributed by atoms with Gasteiger partial charge in [0.15, 0.2) is 0 Å². The Hall–Kier alpha value is -0.390. The van der Waals surface area contributed by atoms with Crippen molar-refractivity contribution >= 4 is 43.2 Å². The van der Waals surface area contributed by atoms with E-state index in [9.17, 15) is 4.39 Å². The number of alkyl halides is 1. The Labute approximate surface area is 120 Å². The molecule has 2 rings (SSSR count). The second-order valence-corrected chi connectivity index (χ2v) is 5.98. The summed E-state index contributed by atoms with van der Waals surface area (Å²) in [4.78, 5) is 0.000556. The van der Waals surface area contributed by atoms with Crippen molar-refractivity contribution in [3.8, 4) is 5.75 Å². The summed E-state index contributed by atoms with van der Waals surface area (Å²) in [5.74, 6) is 0.217. The molecule has 0 saturated carbocycles. The molecule has 1 aromatic heterocycles. The second kappa shape index (κ2) is 5.50. The van der Waals surface area contributed by atoms with Crippen LogP contribution in [0, 0.1) is 5.82 Å². The number of rotatable bonds is 3. The predicted octanol–water partition coefficient (Wildman–Crippen LogP) is 5.14. The maximum absolute atomic E-state index is 13.4. The van der Waals surface area contributed by atoms with Crippen molar-refractivity contribution < 1.29 is 9.13 Å². The Bertz CT molecular complexity index is 513. The zero-order chi connectivity index (χ0) is 12.4. The van der Waals surface area contributed by atoms with E-state index in [1.165, 1.54) is 6.07 Å². The molecule has 0 spiro atoms. The number of hydrogen-bond donors (Lipinski definition) is 0. The normalized spacial score (nSPS) is 12.5. The van der Waals surface area contributed by atoms with Gasteiger partial charge in [-0.15, -0.1) is 0 Å². The van der Waals surface area contributed by atoms with Gasteiger partial charge < -0.3 is 4.74 Å². The van der Waals surface area contributed by atoms with E-state index in [1.54, 1.807) is 24.5 Å². The van der Waals surface area contributed by atoms with Crippen LogP contribution in [0.5, 0.6) is 5.75 Å². The van der Waals surface area contributed by atoms with Crippen molar-refractivity contribution in [1.82, 2.24) is 0 Å². The average Bonchev–Trinajstić information content (AvgIpc) is 2.84. The van der Waals surface area contributed by atoms with Crippen LogP contribution in [-0.2, 0) is 0 Å². The van der Waals surface area contributed by atoms with Crippen LogP contribution in [0.1, 0.15) is 16.0 Å². The zero-order valence-electron chi connectivity index (χ0n) is 8.91. The van der Waals surface area contributed by atoms with E-state index in [4.69, 9.17) is 4.74 Å². The highest BCUT2D eigenvalue weighted by atomic mass is 79.9. The number of benzene rings is 1. The molecule has 0 bridgehead atoms. The maximum atomic E-state index is 13.4. The second-order valence-electron chi connectivity index (χ2n) is 3.43. The Balaban J connectivity index is 2.47. The highest BCUT2D eigenvalue weighted by Crippen LogP contribution is 2.39. The van der Waals surface area contributed by atoms with Gasteiger partial charge in [0.1, 0.15) is 11.6 Å². The summed E-state index contributed by atoms with van der Waals surface area (Å²) in [5, 5.41) is 4.06. The van der Waals surface area contributed by atoms with Gasteiger partial charge in [0.25, 0.3) is 0 Å². The first-order valence-electron chi connectivity index (χ1n) is 4.82. The molecule has 0 N–H and O–H groups in total. The van der Waals surface area contributed by atoms with Gasteiger partial charge in [0, 0.05) is 11.6 Å². The number of thiophene rings is 1. The molecule has 17 heavy (non-hydrogen) atoms. The number of halogens is 3. The van der Waals surface area contributed by atoms with Crippen LogP contribution in [0.4, 0.5) is 4.39 Å². The monoisotopic (exact) mass is 378 g/mol. The molecule has 0 amide bonds. The Morgan fingerprint density at radius 2 is 2.18 bits per heavy atom. The maximum Gasteiger partial charge on any atom is 0.141 e. The molecule has 0 aliphatic carbocycles. The van der Waals surface area contributed by atoms with E-state index >= 15 is 0 Å². The fraction of sp³-hybridized carbons (Fsp3) is 0.167. The zero-order valence-corrected chi connectivity index (χ0v) is 12.9. The van der Waals surface area contributed by atoms with Gasteiger partial charge in [-0.1, -0.05) is 15.9 Å². The fourth-order valence-corrected chi connectivity index (χ4v) is 3.38. The highest BCUT2D eigenvalue weighted by molar-refractivity contribution is 9.10. The molecule has 0 fully saturated rings. The van der Waals surface area contributed by atoms with Gasteiger partial charge >= 0.3 is 0 Å². The molecule has 1 unspecified atom stereocenters. The van der Waals surface area contributed by atoms with Gasteiger partial charge in [0.2, 0.25) is 0 Å². The molecule has 0 saturated heterocycles. The van der Waals surface area contributed by atoms with Crippen LogP contribution in [-0.4, -0.2) is 7.11 Å². The summed E-state index contributed by atoms with van der Waals surface area (Å²) in [7, 11) is 1.54. The van der Waals surface area contributed by atoms with Gasteiger partial charge in [0.05, 0.1) is 16.4 Å². The minimum absolute atomic E-state index is 0.000556. The minimum Gasteiger partial charge on any atom is -0.496 e. The van der Waals surface area contributed by atoms with Crippen LogP contribution in [0.3, 0.4) is 0 Å². The largest absolute Gasteiger partial charge is 0.496 e. The first-order valence-corrected chi connectivity index (χ1v) is 7.47. The van der Waals surface area contributed by atoms with E-state index in [0.29, 0.717) is 10.2 Å². The summed E-state index contributed by atoms with van der Waals surface area (Å²) >= 11 is 8.43. The van der Waals surface area contributed by atoms with Crippen LogP contribution in [0.15, 0.2) is 33.4 Å². The molecular formula is C12H9Br2FOS. The van der Waals surface area contributed by atoms with Crippen LogP contribution >= 0.6 is 43.2 Å². The quantitative estimate of drug-likeness (QED) is 0.670. The van der Waals surface area contributed by atoms with Gasteiger partial charge in [-0.2, -0.15) is 11.3 Å². The number of hydrogen-bond acceptors (Lipinski definition) is 2. The average molecular weight is 380 g/mol. The molecule has 1 nitrogen and oxygen atoms in total. The molecule has 2 aromatic rings. The summed E-state index contributed by atoms with van der Waals surface area (Å²) in [5.41, 5.74) is 2.03. The van der Waals surface area contributed by atoms with E-state index in [0.717, 1.165) is 11.1 Å². The van der Waals surface area contributed by atoms with Crippen molar-refractivity contribution in [3.63, 3.8) is 0 Å². The minimum atomic E-state index is -0.324. The molecule has 5 heteroatoms. The fourth-order valence-electron chi connectivity index (χ4n) is 1.52. The summed E-state index contributed by atoms with van der Waals surface area (Å²) < 4.78 is 19.1. The Morgan fingerprint density at radius 3 is 2.76 bits per heavy atom. The summed E-state index contributed by atoms with van der Waals surface area (Å²) in [6.07, 6.45) is 0. The van der Waals surface area contributed by atoms with Crippen molar-refractivity contribution in [2.24, 2.45) is 0 Å². The van der Waals surface area contributed by atoms with Crippen molar-refractivity contribution in [1.29, 1.82) is 0 Å². The van der Waals surface area contributed by atoms with Gasteiger partial charge in [-0.05, 0) is 44.4 Å². The summed E-state index contributed by atoms with van der Waals surface area (Å²) in [6.45, 7) is 0. The third-order valence-electron chi connectivity index (χ3n) is 2.38. The van der Waals surface area contributed by atoms with Crippen molar-refractivity contribution in [2.75, 3.05) is 7.11 Å². The van der Waals surface area contributed by atoms with Crippen molar-refractivity contribution in [3.05, 3.63) is 50.4 Å². The lowest BCUT2D eigenvalue weighted by Gasteiger charge is -2.14. The molecule has 0 radical (unpaired) electrons. The number of methoxy groups -OCH3 is 1. The Kier molecular flexibility index (Phi) is 4.22. The first kappa shape index (κ1) is 13.1. The lowest BCUT2D eigenvalue weighted by atomic mass is 10.1. The highest BCUT2D eigenvalue weighted by Gasteiger charge is 2.18. The van der Waals surface area contributed by atoms with Crippen LogP contribution in [0.25, 0.3) is 0 Å². The van der Waals surface area contributed by atoms with Crippen LogP contribution in [0.2, 0.25) is 0 Å². The number of ether oxygens (including phenoxy) is 1. The molecule has 1 atom stereocenters. The van der Waals surface area contributed by atoms with Crippen LogP contribution < -0.4 is 4.74 Å². The smallest absolute Gasteiger partial charge is 0.141 e. The summed E-state index contributed by atoms with van der Waals surface area (Å²) in [6, 6.07) is 5.16. The lowest BCUT2D eigenvalue weighted by Crippen LogP contribution is -1.97. The first-order chi connectivity index (χ1) is 8.13. The standard InChI is InChI=1S/C12H9Br2FOS/c1-16-11-5-10(15)9(13)4-8(11)12(14)7-2-3-17-6-7/h2-6,12H,1H3. The topological polar surface area (TPSA) is 9.23 Å². The molecule has 90 valence electrons. The van der Waals surface area contributed by atoms with E-state index < -0.39 is 0 Å². The van der Waals surface area contributed by atoms with E-state index in [1.807, 2.05) is 11.4 Å². The van der Waals surface area contributed by atoms with Crippen molar-refractivity contribution in [2.45, 2.75) is 4.83 Å². The molecule has 1 heterocycles. The SMILES string of the molecule is COc1cc(F)c(Br)cc1C(Br)c1ccsc1. The molecule has 1 aromatic carbocycles. The predicted molar refractivity (Wildman–Crippen MR) is 75.7 cm³/mol. The Morgan fingerprint density at radius 1 is 1.41 bits per heavy atom. The van der Waals surface area contributed by atoms with E-state index in [2.05, 4.69) is 37.2 Å². The third kappa shape index (κ3) is 2.72. The lowest BCUT2D eigenvalue weighted by molar-refractivity contribution is 0.406. The van der Waals surface area contributed by atoms with E-state index in [-0.39, 0.29) is 10.6 Å². The third-order valence-corrected chi connectivity index (χ3v) is 4.71. The molecule has 0 aliphatic rings. The van der Waals surface area contributed by atoms with Gasteiger partial charge in [-0.3, -0.25) is 0 Å². The van der Waals surface area contributed by atoms with Gasteiger partial charge in [-0.25, -0.2) is 4.39 Å². The molecular weight excluding hydrogens is 371 g/mol.